The van der Waals surface area contributed by atoms with Crippen molar-refractivity contribution in [3.63, 3.8) is 0 Å². The van der Waals surface area contributed by atoms with Gasteiger partial charge in [-0.15, -0.1) is 0 Å². The molecule has 2 aliphatic carbocycles. The Morgan fingerprint density at radius 1 is 0.889 bits per heavy atom. The Balaban J connectivity index is 1.21. The Morgan fingerprint density at radius 2 is 1.62 bits per heavy atom. The molecule has 1 unspecified atom stereocenters. The average molecular weight is 644 g/mol. The molecule has 3 aliphatic rings. The van der Waals surface area contributed by atoms with Crippen molar-refractivity contribution >= 4 is 29.3 Å². The molecule has 3 fully saturated rings. The van der Waals surface area contributed by atoms with Crippen LogP contribution in [0.15, 0.2) is 24.3 Å². The molecule has 1 aromatic rings. The number of halogens is 1. The quantitative estimate of drug-likeness (QED) is 0.203. The fourth-order valence-corrected chi connectivity index (χ4v) is 7.67. The summed E-state index contributed by atoms with van der Waals surface area (Å²) in [5, 5.41) is 13.5. The maximum Gasteiger partial charge on any atom is 0.242 e. The van der Waals surface area contributed by atoms with Crippen LogP contribution in [-0.4, -0.2) is 73.5 Å². The summed E-state index contributed by atoms with van der Waals surface area (Å²) in [6, 6.07) is 6.54. The van der Waals surface area contributed by atoms with Crippen molar-refractivity contribution < 1.29 is 14.4 Å². The lowest BCUT2D eigenvalue weighted by Gasteiger charge is -2.34. The summed E-state index contributed by atoms with van der Waals surface area (Å²) in [6.07, 6.45) is 12.4. The van der Waals surface area contributed by atoms with Crippen molar-refractivity contribution in [1.82, 2.24) is 26.2 Å². The zero-order valence-corrected chi connectivity index (χ0v) is 28.7. The number of piperidine rings is 1. The van der Waals surface area contributed by atoms with E-state index in [0.29, 0.717) is 17.4 Å². The van der Waals surface area contributed by atoms with E-state index in [4.69, 9.17) is 11.6 Å². The van der Waals surface area contributed by atoms with Crippen LogP contribution in [0.2, 0.25) is 5.02 Å². The molecule has 1 saturated heterocycles. The van der Waals surface area contributed by atoms with E-state index in [1.807, 2.05) is 32.0 Å². The second-order valence-electron chi connectivity index (χ2n) is 14.3. The van der Waals surface area contributed by atoms with Gasteiger partial charge in [0.1, 0.15) is 12.1 Å². The smallest absolute Gasteiger partial charge is 0.242 e. The van der Waals surface area contributed by atoms with Crippen molar-refractivity contribution in [1.29, 1.82) is 0 Å². The van der Waals surface area contributed by atoms with Gasteiger partial charge >= 0.3 is 0 Å². The van der Waals surface area contributed by atoms with Crippen LogP contribution in [0.25, 0.3) is 0 Å². The van der Waals surface area contributed by atoms with Gasteiger partial charge in [-0.3, -0.25) is 14.4 Å². The lowest BCUT2D eigenvalue weighted by atomic mass is 9.80. The highest BCUT2D eigenvalue weighted by atomic mass is 35.5. The first-order chi connectivity index (χ1) is 21.7. The van der Waals surface area contributed by atoms with E-state index >= 15 is 0 Å². The molecule has 0 radical (unpaired) electrons. The number of rotatable bonds is 14. The molecule has 0 bridgehead atoms. The molecule has 3 amide bonds. The number of nitrogens with one attached hydrogen (secondary N) is 4. The Kier molecular flexibility index (Phi) is 14.5. The molecule has 45 heavy (non-hydrogen) atoms. The molecule has 4 N–H and O–H groups in total. The average Bonchev–Trinajstić information content (AvgIpc) is 3.03. The van der Waals surface area contributed by atoms with Gasteiger partial charge in [-0.1, -0.05) is 56.8 Å². The first kappa shape index (κ1) is 35.7. The summed E-state index contributed by atoms with van der Waals surface area (Å²) < 4.78 is 0. The SMILES string of the molecule is CC(C)C[C@H](NC(=O)[C@H](C)NC(=O)C1CCC(CNCCN2CCCCC2)CC1)C(=O)NC1CCCC[C@H]1c1cccc(Cl)c1. The minimum Gasteiger partial charge on any atom is -0.351 e. The highest BCUT2D eigenvalue weighted by Crippen LogP contribution is 2.34. The van der Waals surface area contributed by atoms with Crippen LogP contribution in [0.3, 0.4) is 0 Å². The minimum absolute atomic E-state index is 0.00611. The van der Waals surface area contributed by atoms with Gasteiger partial charge in [-0.05, 0) is 114 Å². The summed E-state index contributed by atoms with van der Waals surface area (Å²) in [5.41, 5.74) is 1.14. The summed E-state index contributed by atoms with van der Waals surface area (Å²) >= 11 is 6.28. The van der Waals surface area contributed by atoms with E-state index in [9.17, 15) is 14.4 Å². The van der Waals surface area contributed by atoms with Gasteiger partial charge in [0.05, 0.1) is 0 Å². The fraction of sp³-hybridized carbons (Fsp3) is 0.750. The number of benzene rings is 1. The third kappa shape index (κ3) is 11.5. The van der Waals surface area contributed by atoms with Crippen molar-refractivity contribution in [2.45, 2.75) is 122 Å². The van der Waals surface area contributed by atoms with Crippen LogP contribution in [0, 0.1) is 17.8 Å². The van der Waals surface area contributed by atoms with E-state index in [-0.39, 0.29) is 41.5 Å². The van der Waals surface area contributed by atoms with Gasteiger partial charge in [0.25, 0.3) is 0 Å². The predicted octanol–water partition coefficient (Wildman–Crippen LogP) is 5.40. The van der Waals surface area contributed by atoms with Gasteiger partial charge in [0, 0.05) is 36.0 Å². The van der Waals surface area contributed by atoms with Crippen molar-refractivity contribution in [3.8, 4) is 0 Å². The zero-order chi connectivity index (χ0) is 32.2. The van der Waals surface area contributed by atoms with Crippen molar-refractivity contribution in [2.75, 3.05) is 32.7 Å². The van der Waals surface area contributed by atoms with Gasteiger partial charge in [-0.25, -0.2) is 0 Å². The van der Waals surface area contributed by atoms with Gasteiger partial charge < -0.3 is 26.2 Å². The molecule has 9 heteroatoms. The van der Waals surface area contributed by atoms with Crippen LogP contribution >= 0.6 is 11.6 Å². The van der Waals surface area contributed by atoms with Crippen molar-refractivity contribution in [3.05, 3.63) is 34.9 Å². The Bertz CT molecular complexity index is 1090. The molecule has 252 valence electrons. The molecule has 0 aromatic heterocycles. The maximum absolute atomic E-state index is 13.6. The third-order valence-corrected chi connectivity index (χ3v) is 10.4. The van der Waals surface area contributed by atoms with E-state index in [0.717, 1.165) is 76.6 Å². The second kappa shape index (κ2) is 18.2. The topological polar surface area (TPSA) is 103 Å². The number of hydrogen-bond donors (Lipinski definition) is 4. The number of amides is 3. The van der Waals surface area contributed by atoms with Gasteiger partial charge in [0.15, 0.2) is 0 Å². The van der Waals surface area contributed by atoms with Gasteiger partial charge in [-0.2, -0.15) is 0 Å². The number of carbonyl (C=O) groups excluding carboxylic acids is 3. The maximum atomic E-state index is 13.6. The molecular formula is C36H58ClN5O3. The van der Waals surface area contributed by atoms with Gasteiger partial charge in [0.2, 0.25) is 17.7 Å². The van der Waals surface area contributed by atoms with Crippen LogP contribution in [0.4, 0.5) is 0 Å². The minimum atomic E-state index is -0.706. The Morgan fingerprint density at radius 3 is 2.33 bits per heavy atom. The lowest BCUT2D eigenvalue weighted by molar-refractivity contribution is -0.133. The summed E-state index contributed by atoms with van der Waals surface area (Å²) in [6.45, 7) is 11.5. The third-order valence-electron chi connectivity index (χ3n) is 10.2. The predicted molar refractivity (Wildman–Crippen MR) is 182 cm³/mol. The van der Waals surface area contributed by atoms with E-state index in [1.165, 1.54) is 32.4 Å². The molecule has 4 atom stereocenters. The first-order valence-electron chi connectivity index (χ1n) is 17.8. The molecular weight excluding hydrogens is 586 g/mol. The molecule has 4 rings (SSSR count). The van der Waals surface area contributed by atoms with Crippen LogP contribution in [-0.2, 0) is 14.4 Å². The summed E-state index contributed by atoms with van der Waals surface area (Å²) in [4.78, 5) is 42.5. The zero-order valence-electron chi connectivity index (χ0n) is 27.9. The monoisotopic (exact) mass is 643 g/mol. The molecule has 2 saturated carbocycles. The first-order valence-corrected chi connectivity index (χ1v) is 18.2. The number of carbonyl (C=O) groups is 3. The van der Waals surface area contributed by atoms with Crippen LogP contribution in [0.1, 0.15) is 109 Å². The van der Waals surface area contributed by atoms with Crippen LogP contribution < -0.4 is 21.3 Å². The largest absolute Gasteiger partial charge is 0.351 e. The highest BCUT2D eigenvalue weighted by Gasteiger charge is 2.33. The molecule has 8 nitrogen and oxygen atoms in total. The standard InChI is InChI=1S/C36H58ClN5O3/c1-25(2)22-33(36(45)40-32-13-6-5-12-31(32)29-10-9-11-30(37)23-29)41-34(43)26(3)39-35(44)28-16-14-27(15-17-28)24-38-18-21-42-19-7-4-8-20-42/h9-11,23,25-28,31-33,38H,4-8,12-22,24H2,1-3H3,(H,39,44)(H,40,45)(H,41,43)/t26-,27?,28?,31-,32?,33-/m0/s1. The summed E-state index contributed by atoms with van der Waals surface area (Å²) in [5.74, 6) is 0.438. The normalized spacial score (nSPS) is 25.7. The summed E-state index contributed by atoms with van der Waals surface area (Å²) in [7, 11) is 0. The van der Waals surface area contributed by atoms with Crippen LogP contribution in [0.5, 0.6) is 0 Å². The molecule has 1 heterocycles. The van der Waals surface area contributed by atoms with E-state index < -0.39 is 12.1 Å². The number of hydrogen-bond acceptors (Lipinski definition) is 5. The Hall–Kier alpha value is -2.16. The lowest BCUT2D eigenvalue weighted by Crippen LogP contribution is -2.55. The second-order valence-corrected chi connectivity index (χ2v) is 14.7. The van der Waals surface area contributed by atoms with E-state index in [2.05, 4.69) is 32.2 Å². The number of nitrogens with zero attached hydrogens (tertiary/aromatic N) is 1. The molecule has 1 aromatic carbocycles. The Labute approximate surface area is 276 Å². The van der Waals surface area contributed by atoms with E-state index in [1.54, 1.807) is 6.92 Å². The number of likely N-dealkylation sites (tertiary alicyclic amines) is 1. The fourth-order valence-electron chi connectivity index (χ4n) is 7.47. The van der Waals surface area contributed by atoms with Crippen molar-refractivity contribution in [2.24, 2.45) is 17.8 Å². The highest BCUT2D eigenvalue weighted by molar-refractivity contribution is 6.30. The molecule has 0 spiro atoms. The molecule has 1 aliphatic heterocycles.